The molecule has 1 N–H and O–H groups in total. The molecule has 0 aliphatic rings. The fourth-order valence-corrected chi connectivity index (χ4v) is 2.73. The Morgan fingerprint density at radius 2 is 1.88 bits per heavy atom. The maximum atomic E-state index is 5.75. The van der Waals surface area contributed by atoms with Gasteiger partial charge in [0.15, 0.2) is 0 Å². The van der Waals surface area contributed by atoms with Crippen molar-refractivity contribution in [3.05, 3.63) is 29.6 Å². The van der Waals surface area contributed by atoms with E-state index in [1.165, 1.54) is 24.9 Å². The van der Waals surface area contributed by atoms with Gasteiger partial charge in [-0.3, -0.25) is 4.98 Å². The van der Waals surface area contributed by atoms with E-state index in [0.29, 0.717) is 6.61 Å². The van der Waals surface area contributed by atoms with Gasteiger partial charge in [0, 0.05) is 19.3 Å². The molecule has 144 valence electrons. The molecule has 0 spiro atoms. The fourth-order valence-electron chi connectivity index (χ4n) is 2.73. The maximum Gasteiger partial charge on any atom is 0.0718 e. The van der Waals surface area contributed by atoms with E-state index in [0.717, 1.165) is 51.4 Å². The van der Waals surface area contributed by atoms with Crippen molar-refractivity contribution in [1.29, 1.82) is 0 Å². The number of ether oxygens (including phenoxy) is 1. The average molecular weight is 351 g/mol. The number of pyridine rings is 1. The van der Waals surface area contributed by atoms with Gasteiger partial charge in [-0.15, -0.1) is 0 Å². The molecule has 0 aromatic carbocycles. The summed E-state index contributed by atoms with van der Waals surface area (Å²) in [5.74, 6) is 0. The molecule has 1 heterocycles. The summed E-state index contributed by atoms with van der Waals surface area (Å²) in [5, 5.41) is 3.50. The highest BCUT2D eigenvalue weighted by atomic mass is 16.5. The minimum absolute atomic E-state index is 0.673. The summed E-state index contributed by atoms with van der Waals surface area (Å²) in [4.78, 5) is 9.10. The standard InChI is InChI=1S/C20H38N4O/c1-5-24(6-2)14-8-7-11-21-17-20-16-19(10-12-22-20)18-25-15-9-13-23(3)4/h10,12,16,21H,5-9,11,13-15,17-18H2,1-4H3. The maximum absolute atomic E-state index is 5.75. The van der Waals surface area contributed by atoms with Gasteiger partial charge in [-0.25, -0.2) is 0 Å². The average Bonchev–Trinajstić information content (AvgIpc) is 2.61. The van der Waals surface area contributed by atoms with E-state index in [9.17, 15) is 0 Å². The molecular formula is C20H38N4O. The SMILES string of the molecule is CCN(CC)CCCCNCc1cc(COCCCN(C)C)ccn1. The van der Waals surface area contributed by atoms with E-state index in [1.807, 2.05) is 12.3 Å². The van der Waals surface area contributed by atoms with Crippen molar-refractivity contribution in [2.75, 3.05) is 53.4 Å². The van der Waals surface area contributed by atoms with Crippen molar-refractivity contribution >= 4 is 0 Å². The Morgan fingerprint density at radius 3 is 2.60 bits per heavy atom. The lowest BCUT2D eigenvalue weighted by Crippen LogP contribution is -2.25. The number of rotatable bonds is 15. The highest BCUT2D eigenvalue weighted by Gasteiger charge is 2.00. The van der Waals surface area contributed by atoms with Crippen molar-refractivity contribution < 1.29 is 4.74 Å². The minimum Gasteiger partial charge on any atom is -0.377 e. The van der Waals surface area contributed by atoms with Crippen LogP contribution in [0.25, 0.3) is 0 Å². The Balaban J connectivity index is 2.14. The molecule has 1 aromatic heterocycles. The third kappa shape index (κ3) is 11.3. The zero-order chi connectivity index (χ0) is 18.3. The van der Waals surface area contributed by atoms with Crippen LogP contribution in [-0.4, -0.2) is 68.2 Å². The molecular weight excluding hydrogens is 312 g/mol. The lowest BCUT2D eigenvalue weighted by atomic mass is 10.2. The molecule has 1 rings (SSSR count). The number of aromatic nitrogens is 1. The summed E-state index contributed by atoms with van der Waals surface area (Å²) in [5.41, 5.74) is 2.30. The van der Waals surface area contributed by atoms with Crippen molar-refractivity contribution in [2.45, 2.75) is 46.3 Å². The summed E-state index contributed by atoms with van der Waals surface area (Å²) >= 11 is 0. The first-order valence-corrected chi connectivity index (χ1v) is 9.75. The largest absolute Gasteiger partial charge is 0.377 e. The molecule has 0 saturated heterocycles. The molecule has 5 heteroatoms. The second-order valence-corrected chi connectivity index (χ2v) is 6.78. The van der Waals surface area contributed by atoms with E-state index in [1.54, 1.807) is 0 Å². The van der Waals surface area contributed by atoms with Gasteiger partial charge < -0.3 is 19.9 Å². The van der Waals surface area contributed by atoms with E-state index in [-0.39, 0.29) is 0 Å². The van der Waals surface area contributed by atoms with Crippen LogP contribution in [0, 0.1) is 0 Å². The number of hydrogen-bond acceptors (Lipinski definition) is 5. The summed E-state index contributed by atoms with van der Waals surface area (Å²) in [6.45, 7) is 12.4. The molecule has 0 unspecified atom stereocenters. The molecule has 0 saturated carbocycles. The van der Waals surface area contributed by atoms with Crippen LogP contribution >= 0.6 is 0 Å². The van der Waals surface area contributed by atoms with Gasteiger partial charge in [-0.2, -0.15) is 0 Å². The number of nitrogens with zero attached hydrogens (tertiary/aromatic N) is 3. The van der Waals surface area contributed by atoms with E-state index < -0.39 is 0 Å². The predicted octanol–water partition coefficient (Wildman–Crippen LogP) is 2.76. The minimum atomic E-state index is 0.673. The molecule has 0 aliphatic carbocycles. The monoisotopic (exact) mass is 350 g/mol. The van der Waals surface area contributed by atoms with Gasteiger partial charge in [0.05, 0.1) is 12.3 Å². The third-order valence-corrected chi connectivity index (χ3v) is 4.32. The van der Waals surface area contributed by atoms with Crippen molar-refractivity contribution in [2.24, 2.45) is 0 Å². The highest BCUT2D eigenvalue weighted by Crippen LogP contribution is 2.04. The highest BCUT2D eigenvalue weighted by molar-refractivity contribution is 5.15. The smallest absolute Gasteiger partial charge is 0.0718 e. The Morgan fingerprint density at radius 1 is 1.08 bits per heavy atom. The first kappa shape index (κ1) is 22.0. The van der Waals surface area contributed by atoms with Crippen LogP contribution in [0.5, 0.6) is 0 Å². The molecule has 5 nitrogen and oxygen atoms in total. The van der Waals surface area contributed by atoms with Gasteiger partial charge >= 0.3 is 0 Å². The Hall–Kier alpha value is -1.01. The molecule has 0 atom stereocenters. The Labute approximate surface area is 154 Å². The van der Waals surface area contributed by atoms with Crippen molar-refractivity contribution in [1.82, 2.24) is 20.1 Å². The van der Waals surface area contributed by atoms with Gasteiger partial charge in [-0.05, 0) is 83.8 Å². The Bertz CT molecular complexity index is 435. The van der Waals surface area contributed by atoms with E-state index in [4.69, 9.17) is 4.74 Å². The number of unbranched alkanes of at least 4 members (excludes halogenated alkanes) is 1. The normalized spacial score (nSPS) is 11.6. The zero-order valence-corrected chi connectivity index (χ0v) is 16.8. The lowest BCUT2D eigenvalue weighted by Gasteiger charge is -2.17. The number of hydrogen-bond donors (Lipinski definition) is 1. The van der Waals surface area contributed by atoms with Crippen LogP contribution in [0.4, 0.5) is 0 Å². The Kier molecular flexibility index (Phi) is 12.5. The molecule has 1 aromatic rings. The molecule has 0 radical (unpaired) electrons. The van der Waals surface area contributed by atoms with Crippen LogP contribution in [0.2, 0.25) is 0 Å². The third-order valence-electron chi connectivity index (χ3n) is 4.32. The molecule has 0 amide bonds. The lowest BCUT2D eigenvalue weighted by molar-refractivity contribution is 0.113. The van der Waals surface area contributed by atoms with Crippen LogP contribution in [0.15, 0.2) is 18.3 Å². The fraction of sp³-hybridized carbons (Fsp3) is 0.750. The predicted molar refractivity (Wildman–Crippen MR) is 106 cm³/mol. The van der Waals surface area contributed by atoms with Crippen LogP contribution in [0.3, 0.4) is 0 Å². The summed E-state index contributed by atoms with van der Waals surface area (Å²) in [6, 6.07) is 4.19. The van der Waals surface area contributed by atoms with Crippen molar-refractivity contribution in [3.63, 3.8) is 0 Å². The van der Waals surface area contributed by atoms with Gasteiger partial charge in [0.2, 0.25) is 0 Å². The summed E-state index contributed by atoms with van der Waals surface area (Å²) in [7, 11) is 4.18. The quantitative estimate of drug-likeness (QED) is 0.493. The molecule has 0 fully saturated rings. The zero-order valence-electron chi connectivity index (χ0n) is 16.8. The van der Waals surface area contributed by atoms with Crippen molar-refractivity contribution in [3.8, 4) is 0 Å². The van der Waals surface area contributed by atoms with Gasteiger partial charge in [0.25, 0.3) is 0 Å². The second kappa shape index (κ2) is 14.2. The van der Waals surface area contributed by atoms with Gasteiger partial charge in [-0.1, -0.05) is 13.8 Å². The van der Waals surface area contributed by atoms with E-state index >= 15 is 0 Å². The topological polar surface area (TPSA) is 40.6 Å². The van der Waals surface area contributed by atoms with Crippen LogP contribution in [0.1, 0.15) is 44.4 Å². The van der Waals surface area contributed by atoms with Crippen LogP contribution in [-0.2, 0) is 17.9 Å². The molecule has 0 aliphatic heterocycles. The molecule has 25 heavy (non-hydrogen) atoms. The second-order valence-electron chi connectivity index (χ2n) is 6.78. The first-order valence-electron chi connectivity index (χ1n) is 9.75. The summed E-state index contributed by atoms with van der Waals surface area (Å²) in [6.07, 6.45) is 5.42. The number of nitrogens with one attached hydrogen (secondary N) is 1. The first-order chi connectivity index (χ1) is 12.2. The van der Waals surface area contributed by atoms with E-state index in [2.05, 4.69) is 54.1 Å². The van der Waals surface area contributed by atoms with Crippen LogP contribution < -0.4 is 5.32 Å². The molecule has 0 bridgehead atoms. The summed E-state index contributed by atoms with van der Waals surface area (Å²) < 4.78 is 5.75. The van der Waals surface area contributed by atoms with Gasteiger partial charge in [0.1, 0.15) is 0 Å².